The summed E-state index contributed by atoms with van der Waals surface area (Å²) in [5.74, 6) is -0.778. The van der Waals surface area contributed by atoms with E-state index >= 15 is 0 Å². The van der Waals surface area contributed by atoms with Gasteiger partial charge in [-0.25, -0.2) is 9.59 Å². The maximum Gasteiger partial charge on any atom is 0.410 e. The van der Waals surface area contributed by atoms with Gasteiger partial charge in [-0.15, -0.1) is 0 Å². The monoisotopic (exact) mass is 355 g/mol. The Balaban J connectivity index is 2.30. The first kappa shape index (κ1) is 15.4. The maximum absolute atomic E-state index is 11.9. The Bertz CT molecular complexity index is 587. The highest BCUT2D eigenvalue weighted by atomic mass is 79.9. The molecule has 1 aliphatic rings. The van der Waals surface area contributed by atoms with Crippen molar-refractivity contribution in [2.45, 2.75) is 6.54 Å². The zero-order chi connectivity index (χ0) is 15.4. The first-order chi connectivity index (χ1) is 10.0. The molecule has 0 spiro atoms. The molecule has 1 aliphatic heterocycles. The van der Waals surface area contributed by atoms with E-state index < -0.39 is 12.1 Å². The van der Waals surface area contributed by atoms with Gasteiger partial charge < -0.3 is 19.5 Å². The summed E-state index contributed by atoms with van der Waals surface area (Å²) in [5, 5.41) is 9.23. The average Bonchev–Trinajstić information content (AvgIpc) is 2.65. The molecule has 0 bridgehead atoms. The first-order valence-corrected chi connectivity index (χ1v) is 7.03. The number of carbonyl (C=O) groups excluding carboxylic acids is 1. The van der Waals surface area contributed by atoms with E-state index in [1.54, 1.807) is 6.07 Å². The van der Waals surface area contributed by atoms with Gasteiger partial charge >= 0.3 is 12.1 Å². The second kappa shape index (κ2) is 6.62. The molecular formula is C14H14BrNO5. The third-order valence-electron chi connectivity index (χ3n) is 2.91. The number of carboxylic acids is 1. The summed E-state index contributed by atoms with van der Waals surface area (Å²) >= 11 is 3.27. The third-order valence-corrected chi connectivity index (χ3v) is 3.37. The van der Waals surface area contributed by atoms with E-state index in [0.717, 1.165) is 0 Å². The van der Waals surface area contributed by atoms with E-state index in [0.29, 0.717) is 22.3 Å². The minimum atomic E-state index is -1.07. The number of carbonyl (C=O) groups is 2. The molecular weight excluding hydrogens is 342 g/mol. The van der Waals surface area contributed by atoms with Crippen LogP contribution in [0.2, 0.25) is 0 Å². The van der Waals surface area contributed by atoms with Crippen molar-refractivity contribution in [3.05, 3.63) is 40.4 Å². The molecule has 0 unspecified atom stereocenters. The van der Waals surface area contributed by atoms with E-state index in [-0.39, 0.29) is 25.3 Å². The molecule has 0 radical (unpaired) electrons. The summed E-state index contributed by atoms with van der Waals surface area (Å²) in [6.07, 6.45) is 1.00. The summed E-state index contributed by atoms with van der Waals surface area (Å²) in [5.41, 5.74) is 0.690. The molecule has 1 aromatic carbocycles. The van der Waals surface area contributed by atoms with Crippen molar-refractivity contribution in [3.8, 4) is 5.75 Å². The summed E-state index contributed by atoms with van der Waals surface area (Å²) in [4.78, 5) is 24.6. The molecule has 0 atom stereocenters. The van der Waals surface area contributed by atoms with Gasteiger partial charge in [0.1, 0.15) is 24.5 Å². The summed E-state index contributed by atoms with van der Waals surface area (Å²) in [7, 11) is 0. The van der Waals surface area contributed by atoms with E-state index in [4.69, 9.17) is 9.47 Å². The number of hydrogen-bond donors (Lipinski definition) is 1. The average molecular weight is 356 g/mol. The number of halogens is 1. The predicted octanol–water partition coefficient (Wildman–Crippen LogP) is 2.66. The number of rotatable bonds is 3. The molecule has 1 N–H and O–H groups in total. The Hall–Kier alpha value is -2.02. The Labute approximate surface area is 130 Å². The fraction of sp³-hybridized carbons (Fsp3) is 0.286. The molecule has 6 nitrogen and oxygen atoms in total. The van der Waals surface area contributed by atoms with Crippen LogP contribution in [0.1, 0.15) is 15.9 Å². The molecule has 0 fully saturated rings. The fourth-order valence-electron chi connectivity index (χ4n) is 2.02. The Morgan fingerprint density at radius 1 is 1.52 bits per heavy atom. The lowest BCUT2D eigenvalue weighted by Crippen LogP contribution is -2.33. The van der Waals surface area contributed by atoms with Crippen LogP contribution in [0.3, 0.4) is 0 Å². The molecule has 1 amide bonds. The number of hydrogen-bond acceptors (Lipinski definition) is 4. The number of ether oxygens (including phenoxy) is 2. The van der Waals surface area contributed by atoms with Crippen molar-refractivity contribution in [2.24, 2.45) is 0 Å². The van der Waals surface area contributed by atoms with Gasteiger partial charge in [-0.1, -0.05) is 28.6 Å². The Morgan fingerprint density at radius 3 is 2.95 bits per heavy atom. The predicted molar refractivity (Wildman–Crippen MR) is 78.6 cm³/mol. The summed E-state index contributed by atoms with van der Waals surface area (Å²) < 4.78 is 11.1. The van der Waals surface area contributed by atoms with E-state index in [2.05, 4.69) is 22.5 Å². The normalized spacial score (nSPS) is 13.7. The maximum atomic E-state index is 11.9. The number of benzene rings is 1. The first-order valence-electron chi connectivity index (χ1n) is 6.24. The van der Waals surface area contributed by atoms with Gasteiger partial charge in [0.15, 0.2) is 0 Å². The topological polar surface area (TPSA) is 76.1 Å². The lowest BCUT2D eigenvalue weighted by atomic mass is 10.1. The largest absolute Gasteiger partial charge is 0.490 e. The molecule has 0 aromatic heterocycles. The van der Waals surface area contributed by atoms with Gasteiger partial charge in [0.25, 0.3) is 0 Å². The lowest BCUT2D eigenvalue weighted by molar-refractivity contribution is 0.0691. The van der Waals surface area contributed by atoms with Crippen molar-refractivity contribution in [1.82, 2.24) is 4.90 Å². The number of carboxylic acid groups (broad SMARTS) is 1. The second-order valence-corrected chi connectivity index (χ2v) is 5.30. The van der Waals surface area contributed by atoms with E-state index in [1.165, 1.54) is 17.0 Å². The van der Waals surface area contributed by atoms with Crippen LogP contribution in [-0.4, -0.2) is 41.8 Å². The Kier molecular flexibility index (Phi) is 4.85. The number of fused-ring (bicyclic) bond motifs is 1. The van der Waals surface area contributed by atoms with Crippen molar-refractivity contribution in [1.29, 1.82) is 0 Å². The molecule has 0 aliphatic carbocycles. The van der Waals surface area contributed by atoms with Crippen LogP contribution in [0.25, 0.3) is 0 Å². The van der Waals surface area contributed by atoms with Crippen LogP contribution in [0, 0.1) is 0 Å². The van der Waals surface area contributed by atoms with Gasteiger partial charge in [0.2, 0.25) is 0 Å². The highest BCUT2D eigenvalue weighted by Crippen LogP contribution is 2.31. The van der Waals surface area contributed by atoms with Crippen molar-refractivity contribution in [2.75, 3.05) is 19.8 Å². The molecule has 7 heteroatoms. The van der Waals surface area contributed by atoms with Crippen molar-refractivity contribution < 1.29 is 24.2 Å². The van der Waals surface area contributed by atoms with Crippen molar-refractivity contribution in [3.63, 3.8) is 0 Å². The van der Waals surface area contributed by atoms with Gasteiger partial charge in [-0.2, -0.15) is 0 Å². The highest BCUT2D eigenvalue weighted by Gasteiger charge is 2.25. The van der Waals surface area contributed by atoms with Crippen LogP contribution < -0.4 is 4.74 Å². The molecule has 0 saturated heterocycles. The van der Waals surface area contributed by atoms with Crippen LogP contribution in [0.4, 0.5) is 4.79 Å². The standard InChI is InChI=1S/C14H14BrNO5/c1-2-4-21-14(19)16-3-5-20-12-9(8-16)6-10(15)7-11(12)13(17)18/h2,6-7H,1,3-5,8H2,(H,17,18). The van der Waals surface area contributed by atoms with Crippen LogP contribution >= 0.6 is 15.9 Å². The van der Waals surface area contributed by atoms with Gasteiger partial charge in [-0.3, -0.25) is 0 Å². The van der Waals surface area contributed by atoms with Crippen LogP contribution in [-0.2, 0) is 11.3 Å². The molecule has 1 heterocycles. The second-order valence-electron chi connectivity index (χ2n) is 4.38. The smallest absolute Gasteiger partial charge is 0.410 e. The zero-order valence-electron chi connectivity index (χ0n) is 11.2. The van der Waals surface area contributed by atoms with E-state index in [9.17, 15) is 14.7 Å². The van der Waals surface area contributed by atoms with E-state index in [1.807, 2.05) is 0 Å². The van der Waals surface area contributed by atoms with Gasteiger partial charge in [0.05, 0.1) is 13.1 Å². The Morgan fingerprint density at radius 2 is 2.29 bits per heavy atom. The van der Waals surface area contributed by atoms with Gasteiger partial charge in [-0.05, 0) is 12.1 Å². The number of amides is 1. The molecule has 1 aromatic rings. The van der Waals surface area contributed by atoms with Crippen LogP contribution in [0.5, 0.6) is 5.75 Å². The molecule has 112 valence electrons. The fourth-order valence-corrected chi connectivity index (χ4v) is 2.52. The number of aromatic carboxylic acids is 1. The van der Waals surface area contributed by atoms with Crippen molar-refractivity contribution >= 4 is 28.0 Å². The summed E-state index contributed by atoms with van der Waals surface area (Å²) in [6.45, 7) is 4.36. The molecule has 0 saturated carbocycles. The van der Waals surface area contributed by atoms with Gasteiger partial charge in [0, 0.05) is 10.0 Å². The highest BCUT2D eigenvalue weighted by molar-refractivity contribution is 9.10. The summed E-state index contributed by atoms with van der Waals surface area (Å²) in [6, 6.07) is 3.22. The quantitative estimate of drug-likeness (QED) is 0.843. The zero-order valence-corrected chi connectivity index (χ0v) is 12.8. The minimum Gasteiger partial charge on any atom is -0.490 e. The minimum absolute atomic E-state index is 0.0701. The van der Waals surface area contributed by atoms with Crippen LogP contribution in [0.15, 0.2) is 29.3 Å². The SMILES string of the molecule is C=CCOC(=O)N1CCOc2c(cc(Br)cc2C(=O)O)C1. The molecule has 2 rings (SSSR count). The number of nitrogens with zero attached hydrogens (tertiary/aromatic N) is 1. The molecule has 21 heavy (non-hydrogen) atoms. The third kappa shape index (κ3) is 3.55. The lowest BCUT2D eigenvalue weighted by Gasteiger charge is -2.18.